The highest BCUT2D eigenvalue weighted by Gasteiger charge is 2.16. The average Bonchev–Trinajstić information content (AvgIpc) is 3.22. The van der Waals surface area contributed by atoms with Crippen molar-refractivity contribution in [3.05, 3.63) is 42.2 Å². The van der Waals surface area contributed by atoms with Gasteiger partial charge < -0.3 is 24.2 Å². The van der Waals surface area contributed by atoms with Crippen LogP contribution < -0.4 is 9.47 Å². The van der Waals surface area contributed by atoms with Crippen LogP contribution in [0.1, 0.15) is 5.56 Å². The van der Waals surface area contributed by atoms with Crippen LogP contribution in [0.25, 0.3) is 33.2 Å². The number of ether oxygens (including phenoxy) is 2. The number of rotatable bonds is 4. The Morgan fingerprint density at radius 2 is 1.92 bits per heavy atom. The zero-order valence-electron chi connectivity index (χ0n) is 14.6. The third kappa shape index (κ3) is 2.36. The van der Waals surface area contributed by atoms with Gasteiger partial charge in [-0.05, 0) is 18.2 Å². The van der Waals surface area contributed by atoms with E-state index in [2.05, 4.69) is 15.1 Å². The Morgan fingerprint density at radius 3 is 2.65 bits per heavy atom. The van der Waals surface area contributed by atoms with Gasteiger partial charge >= 0.3 is 0 Å². The Kier molecular flexibility index (Phi) is 3.76. The molecule has 7 heteroatoms. The zero-order chi connectivity index (χ0) is 18.3. The summed E-state index contributed by atoms with van der Waals surface area (Å²) in [5.74, 6) is 1.36. The molecule has 7 nitrogen and oxygen atoms in total. The summed E-state index contributed by atoms with van der Waals surface area (Å²) >= 11 is 0. The Labute approximate surface area is 149 Å². The van der Waals surface area contributed by atoms with Crippen LogP contribution in [-0.2, 0) is 7.05 Å². The summed E-state index contributed by atoms with van der Waals surface area (Å²) < 4.78 is 12.9. The predicted octanol–water partition coefficient (Wildman–Crippen LogP) is 3.55. The molecule has 0 fully saturated rings. The molecule has 3 heterocycles. The minimum absolute atomic E-state index is 0.676. The van der Waals surface area contributed by atoms with Gasteiger partial charge in [-0.1, -0.05) is 5.16 Å². The Bertz CT molecular complexity index is 1140. The summed E-state index contributed by atoms with van der Waals surface area (Å²) in [7, 11) is 5.24. The summed E-state index contributed by atoms with van der Waals surface area (Å²) in [5, 5.41) is 13.9. The fourth-order valence-corrected chi connectivity index (χ4v) is 3.29. The number of aromatic nitrogens is 3. The lowest BCUT2D eigenvalue weighted by atomic mass is 10.1. The number of methoxy groups -OCH3 is 2. The fourth-order valence-electron chi connectivity index (χ4n) is 3.29. The number of oxime groups is 1. The van der Waals surface area contributed by atoms with Crippen LogP contribution in [0.15, 0.2) is 41.8 Å². The van der Waals surface area contributed by atoms with E-state index in [9.17, 15) is 0 Å². The molecule has 0 saturated carbocycles. The molecule has 1 aromatic carbocycles. The van der Waals surface area contributed by atoms with Gasteiger partial charge in [0.05, 0.1) is 26.0 Å². The van der Waals surface area contributed by atoms with Gasteiger partial charge in [-0.15, -0.1) is 0 Å². The van der Waals surface area contributed by atoms with E-state index in [0.29, 0.717) is 11.5 Å². The molecule has 0 radical (unpaired) electrons. The first kappa shape index (κ1) is 16.0. The third-order valence-corrected chi connectivity index (χ3v) is 4.55. The largest absolute Gasteiger partial charge is 0.493 e. The van der Waals surface area contributed by atoms with Crippen molar-refractivity contribution in [3.8, 4) is 22.8 Å². The quantitative estimate of drug-likeness (QED) is 0.335. The van der Waals surface area contributed by atoms with Gasteiger partial charge in [0.15, 0.2) is 11.5 Å². The molecule has 0 amide bonds. The van der Waals surface area contributed by atoms with Gasteiger partial charge in [0.25, 0.3) is 0 Å². The molecule has 0 aliphatic heterocycles. The summed E-state index contributed by atoms with van der Waals surface area (Å²) in [6.45, 7) is 0. The second kappa shape index (κ2) is 6.11. The monoisotopic (exact) mass is 350 g/mol. The van der Waals surface area contributed by atoms with E-state index in [-0.39, 0.29) is 0 Å². The minimum Gasteiger partial charge on any atom is -0.493 e. The second-order valence-electron chi connectivity index (χ2n) is 5.97. The maximum atomic E-state index is 8.86. The third-order valence-electron chi connectivity index (χ3n) is 4.55. The van der Waals surface area contributed by atoms with Crippen LogP contribution in [0.5, 0.6) is 11.5 Å². The van der Waals surface area contributed by atoms with Crippen LogP contribution in [0.4, 0.5) is 0 Å². The Morgan fingerprint density at radius 1 is 1.15 bits per heavy atom. The van der Waals surface area contributed by atoms with E-state index in [1.165, 1.54) is 6.21 Å². The molecule has 2 N–H and O–H groups in total. The van der Waals surface area contributed by atoms with Crippen LogP contribution in [0.3, 0.4) is 0 Å². The first-order chi connectivity index (χ1) is 12.7. The van der Waals surface area contributed by atoms with Crippen molar-refractivity contribution in [1.29, 1.82) is 0 Å². The Balaban J connectivity index is 1.97. The lowest BCUT2D eigenvalue weighted by molar-refractivity contribution is 0.322. The molecule has 0 atom stereocenters. The maximum absolute atomic E-state index is 8.86. The lowest BCUT2D eigenvalue weighted by Gasteiger charge is -2.08. The van der Waals surface area contributed by atoms with Crippen molar-refractivity contribution >= 4 is 28.2 Å². The molecule has 0 bridgehead atoms. The smallest absolute Gasteiger partial charge is 0.162 e. The molecule has 3 aromatic heterocycles. The van der Waals surface area contributed by atoms with Gasteiger partial charge in [0, 0.05) is 53.1 Å². The summed E-state index contributed by atoms with van der Waals surface area (Å²) in [6.07, 6.45) is 5.13. The molecule has 4 aromatic rings. The summed E-state index contributed by atoms with van der Waals surface area (Å²) in [4.78, 5) is 7.71. The number of fused-ring (bicyclic) bond motifs is 2. The summed E-state index contributed by atoms with van der Waals surface area (Å²) in [6, 6.07) is 7.74. The fraction of sp³-hybridized carbons (Fsp3) is 0.158. The topological polar surface area (TPSA) is 84.7 Å². The predicted molar refractivity (Wildman–Crippen MR) is 100 cm³/mol. The molecule has 132 valence electrons. The van der Waals surface area contributed by atoms with Crippen molar-refractivity contribution in [3.63, 3.8) is 0 Å². The maximum Gasteiger partial charge on any atom is 0.162 e. The molecular weight excluding hydrogens is 332 g/mol. The van der Waals surface area contributed by atoms with Crippen molar-refractivity contribution in [2.45, 2.75) is 0 Å². The molecule has 0 aliphatic carbocycles. The van der Waals surface area contributed by atoms with Gasteiger partial charge in [0.2, 0.25) is 0 Å². The van der Waals surface area contributed by atoms with Crippen LogP contribution >= 0.6 is 0 Å². The molecule has 0 saturated heterocycles. The molecule has 0 unspecified atom stereocenters. The summed E-state index contributed by atoms with van der Waals surface area (Å²) in [5.41, 5.74) is 4.49. The van der Waals surface area contributed by atoms with Crippen molar-refractivity contribution in [2.75, 3.05) is 14.2 Å². The number of aryl methyl sites for hydroxylation is 1. The number of nitrogens with zero attached hydrogens (tertiary/aromatic N) is 3. The van der Waals surface area contributed by atoms with Crippen molar-refractivity contribution in [2.24, 2.45) is 12.2 Å². The van der Waals surface area contributed by atoms with Gasteiger partial charge in [-0.3, -0.25) is 0 Å². The van der Waals surface area contributed by atoms with E-state index in [0.717, 1.165) is 38.8 Å². The second-order valence-corrected chi connectivity index (χ2v) is 5.97. The van der Waals surface area contributed by atoms with Crippen molar-refractivity contribution < 1.29 is 14.7 Å². The molecule has 4 rings (SSSR count). The van der Waals surface area contributed by atoms with Crippen molar-refractivity contribution in [1.82, 2.24) is 14.5 Å². The van der Waals surface area contributed by atoms with E-state index < -0.39 is 0 Å². The first-order valence-electron chi connectivity index (χ1n) is 8.03. The number of hydrogen-bond acceptors (Lipinski definition) is 5. The van der Waals surface area contributed by atoms with Gasteiger partial charge in [-0.25, -0.2) is 4.98 Å². The highest BCUT2D eigenvalue weighted by Crippen LogP contribution is 2.38. The lowest BCUT2D eigenvalue weighted by Crippen LogP contribution is -1.91. The van der Waals surface area contributed by atoms with E-state index in [1.54, 1.807) is 26.5 Å². The first-order valence-corrected chi connectivity index (χ1v) is 8.03. The Hall–Kier alpha value is -3.48. The van der Waals surface area contributed by atoms with Crippen LogP contribution in [0.2, 0.25) is 0 Å². The van der Waals surface area contributed by atoms with Crippen LogP contribution in [-0.4, -0.2) is 40.2 Å². The number of pyridine rings is 1. The number of nitrogens with one attached hydrogen (secondary N) is 1. The number of aromatic amines is 1. The minimum atomic E-state index is 0.676. The number of benzene rings is 1. The number of H-pyrrole nitrogens is 1. The average molecular weight is 350 g/mol. The highest BCUT2D eigenvalue weighted by atomic mass is 16.5. The van der Waals surface area contributed by atoms with E-state index in [1.807, 2.05) is 36.0 Å². The SMILES string of the molecule is COc1cc2c(-c3cc4c(C=NO)ccnc4[nH]3)cn(C)c2cc1OC. The van der Waals surface area contributed by atoms with Gasteiger partial charge in [-0.2, -0.15) is 0 Å². The highest BCUT2D eigenvalue weighted by molar-refractivity contribution is 6.03. The molecule has 0 spiro atoms. The van der Waals surface area contributed by atoms with E-state index in [4.69, 9.17) is 14.7 Å². The molecule has 0 aliphatic rings. The normalized spacial score (nSPS) is 11.7. The number of hydrogen-bond donors (Lipinski definition) is 2. The van der Waals surface area contributed by atoms with Gasteiger partial charge in [0.1, 0.15) is 5.65 Å². The molecular formula is C19H18N4O3. The van der Waals surface area contributed by atoms with E-state index >= 15 is 0 Å². The molecule has 26 heavy (non-hydrogen) atoms. The zero-order valence-corrected chi connectivity index (χ0v) is 14.6. The standard InChI is InChI=1S/C19H18N4O3/c1-23-10-14(13-7-17(25-2)18(26-3)8-16(13)23)15-6-12-11(9-21-24)4-5-20-19(12)22-15/h4-10,24H,1-3H3,(H,20,22). The van der Waals surface area contributed by atoms with Crippen LogP contribution in [0, 0.1) is 0 Å².